The maximum Gasteiger partial charge on any atom is 0.305 e. The zero-order valence-corrected chi connectivity index (χ0v) is 14.0. The number of unbranched alkanes of at least 4 members (excludes halogenated alkanes) is 5. The Morgan fingerprint density at radius 1 is 1.09 bits per heavy atom. The van der Waals surface area contributed by atoms with Gasteiger partial charge in [-0.25, -0.2) is 0 Å². The normalized spacial score (nSPS) is 20.6. The molecule has 0 aliphatic carbocycles. The fraction of sp³-hybridized carbons (Fsp3) is 0.632. The molecule has 0 saturated carbocycles. The van der Waals surface area contributed by atoms with Crippen LogP contribution in [0.4, 0.5) is 0 Å². The molecule has 0 N–H and O–H groups in total. The molecule has 1 fully saturated rings. The quantitative estimate of drug-likeness (QED) is 0.473. The Balaban J connectivity index is 1.47. The molecule has 0 spiro atoms. The van der Waals surface area contributed by atoms with Gasteiger partial charge in [0.05, 0.1) is 19.8 Å². The molecule has 2 rings (SSSR count). The van der Waals surface area contributed by atoms with Crippen LogP contribution in [0, 0.1) is 0 Å². The predicted molar refractivity (Wildman–Crippen MR) is 89.0 cm³/mol. The first-order valence-electron chi connectivity index (χ1n) is 8.68. The Hall–Kier alpha value is -1.39. The lowest BCUT2D eigenvalue weighted by Crippen LogP contribution is -2.09. The fourth-order valence-electron chi connectivity index (χ4n) is 2.83. The summed E-state index contributed by atoms with van der Waals surface area (Å²) in [4.78, 5) is 11.0. The van der Waals surface area contributed by atoms with Crippen molar-refractivity contribution in [2.75, 3.05) is 13.7 Å². The van der Waals surface area contributed by atoms with Gasteiger partial charge in [-0.05, 0) is 12.8 Å². The molecule has 0 bridgehead atoms. The van der Waals surface area contributed by atoms with Crippen molar-refractivity contribution in [3.8, 4) is 0 Å². The SMILES string of the molecule is COC(=O)CCCCCCCCC1COC(c2ccccc2)O1. The molecule has 0 radical (unpaired) electrons. The van der Waals surface area contributed by atoms with Gasteiger partial charge in [0.15, 0.2) is 6.29 Å². The highest BCUT2D eigenvalue weighted by molar-refractivity contribution is 5.68. The van der Waals surface area contributed by atoms with E-state index in [2.05, 4.69) is 4.74 Å². The van der Waals surface area contributed by atoms with Crippen LogP contribution in [0.5, 0.6) is 0 Å². The van der Waals surface area contributed by atoms with Crippen LogP contribution in [0.1, 0.15) is 63.2 Å². The number of carbonyl (C=O) groups is 1. The van der Waals surface area contributed by atoms with E-state index in [4.69, 9.17) is 9.47 Å². The first-order chi connectivity index (χ1) is 11.3. The molecule has 0 amide bonds. The molecule has 1 aliphatic rings. The lowest BCUT2D eigenvalue weighted by Gasteiger charge is -2.11. The van der Waals surface area contributed by atoms with Crippen LogP contribution in [-0.2, 0) is 19.0 Å². The summed E-state index contributed by atoms with van der Waals surface area (Å²) in [5, 5.41) is 0. The van der Waals surface area contributed by atoms with Crippen LogP contribution in [0.25, 0.3) is 0 Å². The first kappa shape index (κ1) is 18.0. The van der Waals surface area contributed by atoms with Gasteiger partial charge in [0.2, 0.25) is 0 Å². The van der Waals surface area contributed by atoms with E-state index >= 15 is 0 Å². The summed E-state index contributed by atoms with van der Waals surface area (Å²) in [6.45, 7) is 0.693. The maximum absolute atomic E-state index is 11.0. The minimum Gasteiger partial charge on any atom is -0.469 e. The molecule has 128 valence electrons. The van der Waals surface area contributed by atoms with Gasteiger partial charge in [-0.1, -0.05) is 62.4 Å². The molecule has 1 aromatic carbocycles. The molecule has 4 heteroatoms. The van der Waals surface area contributed by atoms with E-state index in [9.17, 15) is 4.79 Å². The topological polar surface area (TPSA) is 44.8 Å². The Morgan fingerprint density at radius 2 is 1.78 bits per heavy atom. The van der Waals surface area contributed by atoms with E-state index in [1.807, 2.05) is 30.3 Å². The Labute approximate surface area is 139 Å². The van der Waals surface area contributed by atoms with Crippen LogP contribution in [-0.4, -0.2) is 25.8 Å². The third-order valence-corrected chi connectivity index (χ3v) is 4.21. The van der Waals surface area contributed by atoms with Crippen LogP contribution in [0.2, 0.25) is 0 Å². The largest absolute Gasteiger partial charge is 0.469 e. The summed E-state index contributed by atoms with van der Waals surface area (Å²) in [5.41, 5.74) is 1.10. The summed E-state index contributed by atoms with van der Waals surface area (Å²) >= 11 is 0. The molecule has 2 atom stereocenters. The fourth-order valence-corrected chi connectivity index (χ4v) is 2.83. The molecule has 1 heterocycles. The summed E-state index contributed by atoms with van der Waals surface area (Å²) in [7, 11) is 1.44. The number of ether oxygens (including phenoxy) is 3. The lowest BCUT2D eigenvalue weighted by atomic mass is 10.1. The minimum atomic E-state index is -0.195. The third kappa shape index (κ3) is 6.71. The second-order valence-corrected chi connectivity index (χ2v) is 6.07. The van der Waals surface area contributed by atoms with Crippen LogP contribution >= 0.6 is 0 Å². The Kier molecular flexibility index (Phi) is 8.12. The number of carbonyl (C=O) groups excluding carboxylic acids is 1. The smallest absolute Gasteiger partial charge is 0.305 e. The average Bonchev–Trinajstić information content (AvgIpc) is 3.06. The van der Waals surface area contributed by atoms with Gasteiger partial charge >= 0.3 is 5.97 Å². The predicted octanol–water partition coefficient (Wildman–Crippen LogP) is 4.39. The monoisotopic (exact) mass is 320 g/mol. The van der Waals surface area contributed by atoms with Crippen molar-refractivity contribution < 1.29 is 19.0 Å². The summed E-state index contributed by atoms with van der Waals surface area (Å²) in [6, 6.07) is 10.1. The van der Waals surface area contributed by atoms with E-state index in [-0.39, 0.29) is 18.4 Å². The van der Waals surface area contributed by atoms with Crippen LogP contribution in [0.3, 0.4) is 0 Å². The molecule has 1 aliphatic heterocycles. The van der Waals surface area contributed by atoms with Gasteiger partial charge in [0.25, 0.3) is 0 Å². The van der Waals surface area contributed by atoms with Gasteiger partial charge in [0, 0.05) is 12.0 Å². The van der Waals surface area contributed by atoms with Crippen molar-refractivity contribution in [1.82, 2.24) is 0 Å². The molecule has 23 heavy (non-hydrogen) atoms. The van der Waals surface area contributed by atoms with E-state index in [0.29, 0.717) is 13.0 Å². The van der Waals surface area contributed by atoms with Crippen molar-refractivity contribution >= 4 is 5.97 Å². The molecule has 0 aromatic heterocycles. The zero-order valence-electron chi connectivity index (χ0n) is 14.0. The standard InChI is InChI=1S/C19H28O4/c1-21-18(20)14-10-5-3-2-4-9-13-17-15-22-19(23-17)16-11-7-6-8-12-16/h6-8,11-12,17,19H,2-5,9-10,13-15H2,1H3. The van der Waals surface area contributed by atoms with Crippen molar-refractivity contribution in [3.05, 3.63) is 35.9 Å². The van der Waals surface area contributed by atoms with Gasteiger partial charge in [-0.2, -0.15) is 0 Å². The highest BCUT2D eigenvalue weighted by Gasteiger charge is 2.26. The van der Waals surface area contributed by atoms with Crippen molar-refractivity contribution in [2.24, 2.45) is 0 Å². The zero-order chi connectivity index (χ0) is 16.3. The van der Waals surface area contributed by atoms with Crippen molar-refractivity contribution in [2.45, 2.75) is 63.8 Å². The van der Waals surface area contributed by atoms with E-state index in [0.717, 1.165) is 24.8 Å². The molecule has 2 unspecified atom stereocenters. The highest BCUT2D eigenvalue weighted by atomic mass is 16.7. The van der Waals surface area contributed by atoms with Crippen molar-refractivity contribution in [1.29, 1.82) is 0 Å². The van der Waals surface area contributed by atoms with E-state index < -0.39 is 0 Å². The molecular weight excluding hydrogens is 292 g/mol. The van der Waals surface area contributed by atoms with Gasteiger partial charge in [-0.15, -0.1) is 0 Å². The van der Waals surface area contributed by atoms with Crippen LogP contribution < -0.4 is 0 Å². The van der Waals surface area contributed by atoms with E-state index in [1.54, 1.807) is 0 Å². The minimum absolute atomic E-state index is 0.101. The third-order valence-electron chi connectivity index (χ3n) is 4.21. The molecule has 1 saturated heterocycles. The van der Waals surface area contributed by atoms with Gasteiger partial charge in [0.1, 0.15) is 0 Å². The summed E-state index contributed by atoms with van der Waals surface area (Å²) in [5.74, 6) is -0.101. The average molecular weight is 320 g/mol. The van der Waals surface area contributed by atoms with Crippen LogP contribution in [0.15, 0.2) is 30.3 Å². The summed E-state index contributed by atoms with van der Waals surface area (Å²) < 4.78 is 16.3. The number of hydrogen-bond donors (Lipinski definition) is 0. The maximum atomic E-state index is 11.0. The highest BCUT2D eigenvalue weighted by Crippen LogP contribution is 2.28. The number of rotatable bonds is 10. The number of esters is 1. The number of benzene rings is 1. The second-order valence-electron chi connectivity index (χ2n) is 6.07. The number of methoxy groups -OCH3 is 1. The van der Waals surface area contributed by atoms with Gasteiger partial charge < -0.3 is 14.2 Å². The lowest BCUT2D eigenvalue weighted by molar-refractivity contribution is -0.140. The van der Waals surface area contributed by atoms with E-state index in [1.165, 1.54) is 32.8 Å². The summed E-state index contributed by atoms with van der Waals surface area (Å²) in [6.07, 6.45) is 8.47. The Bertz CT molecular complexity index is 446. The number of hydrogen-bond acceptors (Lipinski definition) is 4. The van der Waals surface area contributed by atoms with Gasteiger partial charge in [-0.3, -0.25) is 4.79 Å². The van der Waals surface area contributed by atoms with Crippen molar-refractivity contribution in [3.63, 3.8) is 0 Å². The molecule has 4 nitrogen and oxygen atoms in total. The Morgan fingerprint density at radius 3 is 2.52 bits per heavy atom. The first-order valence-corrected chi connectivity index (χ1v) is 8.68. The molecule has 1 aromatic rings. The second kappa shape index (κ2) is 10.4. The molecular formula is C19H28O4.